The first-order valence-corrected chi connectivity index (χ1v) is 9.25. The van der Waals surface area contributed by atoms with Gasteiger partial charge in [-0.25, -0.2) is 0 Å². The number of fused-ring (bicyclic) bond motifs is 1. The largest absolute Gasteiger partial charge is 0.497 e. The van der Waals surface area contributed by atoms with Gasteiger partial charge >= 0.3 is 0 Å². The number of Topliss-reactive ketones (excluding diaryl/α,β-unsaturated/α-hetero) is 1. The SMILES string of the molecule is COc1ccc(C(=O)CN2CC3CC(O)(c4ccccc4)CC3C2)cc1. The number of methoxy groups -OCH3 is 1. The van der Waals surface area contributed by atoms with Crippen LogP contribution in [-0.2, 0) is 5.60 Å². The van der Waals surface area contributed by atoms with Crippen LogP contribution >= 0.6 is 0 Å². The molecule has 2 unspecified atom stereocenters. The molecule has 2 atom stereocenters. The van der Waals surface area contributed by atoms with Gasteiger partial charge in [0.15, 0.2) is 5.78 Å². The lowest BCUT2D eigenvalue weighted by Gasteiger charge is -2.26. The van der Waals surface area contributed by atoms with Crippen molar-refractivity contribution in [1.29, 1.82) is 0 Å². The van der Waals surface area contributed by atoms with Gasteiger partial charge in [-0.1, -0.05) is 30.3 Å². The number of likely N-dealkylation sites (tertiary alicyclic amines) is 1. The van der Waals surface area contributed by atoms with E-state index in [9.17, 15) is 9.90 Å². The first kappa shape index (κ1) is 17.3. The number of ether oxygens (including phenoxy) is 1. The van der Waals surface area contributed by atoms with Crippen LogP contribution in [-0.4, -0.2) is 42.5 Å². The molecule has 4 nitrogen and oxygen atoms in total. The van der Waals surface area contributed by atoms with Crippen LogP contribution in [0.5, 0.6) is 5.75 Å². The third kappa shape index (κ3) is 3.27. The zero-order chi connectivity index (χ0) is 18.1. The molecular weight excluding hydrogens is 326 g/mol. The van der Waals surface area contributed by atoms with Gasteiger partial charge in [0.2, 0.25) is 0 Å². The van der Waals surface area contributed by atoms with Crippen LogP contribution in [0.15, 0.2) is 54.6 Å². The average molecular weight is 351 g/mol. The van der Waals surface area contributed by atoms with Crippen molar-refractivity contribution in [2.24, 2.45) is 11.8 Å². The van der Waals surface area contributed by atoms with Gasteiger partial charge in [0.05, 0.1) is 19.3 Å². The Morgan fingerprint density at radius 2 is 1.69 bits per heavy atom. The highest BCUT2D eigenvalue weighted by atomic mass is 16.5. The molecule has 136 valence electrons. The van der Waals surface area contributed by atoms with Crippen LogP contribution in [0.1, 0.15) is 28.8 Å². The Morgan fingerprint density at radius 3 is 2.27 bits per heavy atom. The number of benzene rings is 2. The summed E-state index contributed by atoms with van der Waals surface area (Å²) in [5.74, 6) is 1.83. The molecule has 4 rings (SSSR count). The zero-order valence-electron chi connectivity index (χ0n) is 15.1. The van der Waals surface area contributed by atoms with E-state index >= 15 is 0 Å². The lowest BCUT2D eigenvalue weighted by molar-refractivity contribution is 0.0315. The predicted molar refractivity (Wildman–Crippen MR) is 100 cm³/mol. The van der Waals surface area contributed by atoms with Gasteiger partial charge in [-0.05, 0) is 54.5 Å². The summed E-state index contributed by atoms with van der Waals surface area (Å²) in [5.41, 5.74) is 1.04. The van der Waals surface area contributed by atoms with Crippen LogP contribution in [0.3, 0.4) is 0 Å². The maximum Gasteiger partial charge on any atom is 0.176 e. The van der Waals surface area contributed by atoms with Gasteiger partial charge in [-0.15, -0.1) is 0 Å². The molecule has 26 heavy (non-hydrogen) atoms. The quantitative estimate of drug-likeness (QED) is 0.841. The van der Waals surface area contributed by atoms with E-state index in [1.807, 2.05) is 54.6 Å². The van der Waals surface area contributed by atoms with Crippen molar-refractivity contribution in [3.8, 4) is 5.75 Å². The molecule has 1 aliphatic heterocycles. The Labute approximate surface area is 154 Å². The molecule has 0 bridgehead atoms. The third-order valence-electron chi connectivity index (χ3n) is 5.94. The first-order valence-electron chi connectivity index (χ1n) is 9.25. The second kappa shape index (κ2) is 6.86. The van der Waals surface area contributed by atoms with Crippen molar-refractivity contribution in [3.05, 3.63) is 65.7 Å². The van der Waals surface area contributed by atoms with Crippen molar-refractivity contribution in [1.82, 2.24) is 4.90 Å². The molecule has 2 aromatic rings. The van der Waals surface area contributed by atoms with Crippen LogP contribution in [0.4, 0.5) is 0 Å². The fourth-order valence-corrected chi connectivity index (χ4v) is 4.63. The van der Waals surface area contributed by atoms with Crippen molar-refractivity contribution in [2.45, 2.75) is 18.4 Å². The molecule has 2 aromatic carbocycles. The normalized spacial score (nSPS) is 28.1. The van der Waals surface area contributed by atoms with Crippen LogP contribution in [0.25, 0.3) is 0 Å². The number of carbonyl (C=O) groups is 1. The standard InChI is InChI=1S/C22H25NO3/c1-26-20-9-7-16(8-10-20)21(24)15-23-13-17-11-22(25,12-18(17)14-23)19-5-3-2-4-6-19/h2-10,17-18,25H,11-15H2,1H3. The Hall–Kier alpha value is -2.17. The molecule has 0 amide bonds. The minimum Gasteiger partial charge on any atom is -0.497 e. The molecule has 1 saturated carbocycles. The van der Waals surface area contributed by atoms with Gasteiger partial charge < -0.3 is 9.84 Å². The summed E-state index contributed by atoms with van der Waals surface area (Å²) in [6, 6.07) is 17.3. The van der Waals surface area contributed by atoms with Crippen molar-refractivity contribution in [2.75, 3.05) is 26.7 Å². The fourth-order valence-electron chi connectivity index (χ4n) is 4.63. The number of ketones is 1. The molecule has 4 heteroatoms. The number of carbonyl (C=O) groups excluding carboxylic acids is 1. The van der Waals surface area contributed by atoms with E-state index in [0.717, 1.165) is 42.8 Å². The maximum atomic E-state index is 12.5. The Morgan fingerprint density at radius 1 is 1.08 bits per heavy atom. The van der Waals surface area contributed by atoms with E-state index in [2.05, 4.69) is 4.90 Å². The molecule has 2 aliphatic rings. The molecule has 1 aliphatic carbocycles. The molecule has 1 heterocycles. The summed E-state index contributed by atoms with van der Waals surface area (Å²) >= 11 is 0. The number of rotatable bonds is 5. The molecule has 0 aromatic heterocycles. The van der Waals surface area contributed by atoms with Gasteiger partial charge in [-0.2, -0.15) is 0 Å². The highest BCUT2D eigenvalue weighted by molar-refractivity contribution is 5.97. The van der Waals surface area contributed by atoms with E-state index in [4.69, 9.17) is 4.74 Å². The molecule has 0 radical (unpaired) electrons. The monoisotopic (exact) mass is 351 g/mol. The molecule has 1 saturated heterocycles. The lowest BCUT2D eigenvalue weighted by atomic mass is 9.90. The number of hydrogen-bond donors (Lipinski definition) is 1. The molecule has 0 spiro atoms. The van der Waals surface area contributed by atoms with Gasteiger partial charge in [0.1, 0.15) is 5.75 Å². The summed E-state index contributed by atoms with van der Waals surface area (Å²) in [6.07, 6.45) is 1.57. The van der Waals surface area contributed by atoms with E-state index < -0.39 is 5.60 Å². The number of aliphatic hydroxyl groups is 1. The highest BCUT2D eigenvalue weighted by Crippen LogP contribution is 2.48. The van der Waals surface area contributed by atoms with E-state index in [1.165, 1.54) is 0 Å². The average Bonchev–Trinajstić information content (AvgIpc) is 3.17. The topological polar surface area (TPSA) is 49.8 Å². The zero-order valence-corrected chi connectivity index (χ0v) is 15.1. The van der Waals surface area contributed by atoms with Crippen molar-refractivity contribution < 1.29 is 14.6 Å². The van der Waals surface area contributed by atoms with E-state index in [1.54, 1.807) is 7.11 Å². The van der Waals surface area contributed by atoms with Crippen LogP contribution in [0, 0.1) is 11.8 Å². The predicted octanol–water partition coefficient (Wildman–Crippen LogP) is 3.11. The van der Waals surface area contributed by atoms with E-state index in [0.29, 0.717) is 18.4 Å². The first-order chi connectivity index (χ1) is 12.6. The van der Waals surface area contributed by atoms with Crippen molar-refractivity contribution >= 4 is 5.78 Å². The van der Waals surface area contributed by atoms with E-state index in [-0.39, 0.29) is 5.78 Å². The Kier molecular flexibility index (Phi) is 4.55. The fraction of sp³-hybridized carbons (Fsp3) is 0.409. The maximum absolute atomic E-state index is 12.5. The van der Waals surface area contributed by atoms with Crippen LogP contribution in [0.2, 0.25) is 0 Å². The third-order valence-corrected chi connectivity index (χ3v) is 5.94. The Balaban J connectivity index is 1.36. The summed E-state index contributed by atoms with van der Waals surface area (Å²) in [7, 11) is 1.62. The number of hydrogen-bond acceptors (Lipinski definition) is 4. The van der Waals surface area contributed by atoms with Gasteiger partial charge in [0, 0.05) is 18.7 Å². The van der Waals surface area contributed by atoms with Crippen LogP contribution < -0.4 is 4.74 Å². The second-order valence-corrected chi connectivity index (χ2v) is 7.67. The van der Waals surface area contributed by atoms with Gasteiger partial charge in [0.25, 0.3) is 0 Å². The summed E-state index contributed by atoms with van der Waals surface area (Å²) < 4.78 is 5.14. The summed E-state index contributed by atoms with van der Waals surface area (Å²) in [4.78, 5) is 14.8. The number of nitrogens with zero attached hydrogens (tertiary/aromatic N) is 1. The second-order valence-electron chi connectivity index (χ2n) is 7.67. The Bertz CT molecular complexity index is 758. The highest BCUT2D eigenvalue weighted by Gasteiger charge is 2.49. The molecular formula is C22H25NO3. The summed E-state index contributed by atoms with van der Waals surface area (Å²) in [5, 5.41) is 11.1. The molecule has 2 fully saturated rings. The lowest BCUT2D eigenvalue weighted by Crippen LogP contribution is -2.31. The smallest absolute Gasteiger partial charge is 0.176 e. The summed E-state index contributed by atoms with van der Waals surface area (Å²) in [6.45, 7) is 2.23. The minimum absolute atomic E-state index is 0.144. The minimum atomic E-state index is -0.706. The molecule has 1 N–H and O–H groups in total. The van der Waals surface area contributed by atoms with Gasteiger partial charge in [-0.3, -0.25) is 9.69 Å². The van der Waals surface area contributed by atoms with Crippen molar-refractivity contribution in [3.63, 3.8) is 0 Å².